The molecule has 5 heteroatoms. The lowest BCUT2D eigenvalue weighted by Gasteiger charge is -2.19. The Bertz CT molecular complexity index is 798. The number of rotatable bonds is 4. The average molecular weight is 323 g/mol. The molecule has 0 fully saturated rings. The second kappa shape index (κ2) is 6.97. The average Bonchev–Trinajstić information content (AvgIpc) is 2.65. The molecule has 0 radical (unpaired) electrons. The SMILES string of the molecule is COc1cc(OC)cc(/C(=C\C#N)c2ccc3c(c2)OCCO3)c1. The first-order valence-electron chi connectivity index (χ1n) is 7.48. The van der Waals surface area contributed by atoms with E-state index in [2.05, 4.69) is 6.07 Å². The summed E-state index contributed by atoms with van der Waals surface area (Å²) in [6.45, 7) is 1.06. The van der Waals surface area contributed by atoms with Crippen molar-refractivity contribution < 1.29 is 18.9 Å². The number of benzene rings is 2. The first-order valence-corrected chi connectivity index (χ1v) is 7.48. The fourth-order valence-electron chi connectivity index (χ4n) is 2.57. The van der Waals surface area contributed by atoms with Gasteiger partial charge in [0.2, 0.25) is 0 Å². The van der Waals surface area contributed by atoms with E-state index in [4.69, 9.17) is 18.9 Å². The Balaban J connectivity index is 2.08. The maximum Gasteiger partial charge on any atom is 0.161 e. The zero-order valence-electron chi connectivity index (χ0n) is 13.5. The highest BCUT2D eigenvalue weighted by atomic mass is 16.6. The largest absolute Gasteiger partial charge is 0.497 e. The third-order valence-electron chi connectivity index (χ3n) is 3.72. The number of methoxy groups -OCH3 is 2. The summed E-state index contributed by atoms with van der Waals surface area (Å²) in [5.74, 6) is 2.71. The number of allylic oxidation sites excluding steroid dienone is 1. The van der Waals surface area contributed by atoms with Crippen LogP contribution in [0.3, 0.4) is 0 Å². The van der Waals surface area contributed by atoms with Crippen molar-refractivity contribution >= 4 is 5.57 Å². The van der Waals surface area contributed by atoms with E-state index in [1.165, 1.54) is 6.08 Å². The standard InChI is InChI=1S/C19H17NO4/c1-21-15-9-14(10-16(12-15)22-2)17(5-6-20)13-3-4-18-19(11-13)24-8-7-23-18/h3-5,9-12H,7-8H2,1-2H3/b17-5-. The first kappa shape index (κ1) is 15.8. The monoisotopic (exact) mass is 323 g/mol. The lowest BCUT2D eigenvalue weighted by Crippen LogP contribution is -2.15. The summed E-state index contributed by atoms with van der Waals surface area (Å²) in [6, 6.07) is 13.3. The molecule has 2 aromatic rings. The van der Waals surface area contributed by atoms with Gasteiger partial charge in [0.15, 0.2) is 11.5 Å². The molecule has 0 aliphatic carbocycles. The van der Waals surface area contributed by atoms with Crippen molar-refractivity contribution in [1.82, 2.24) is 0 Å². The van der Waals surface area contributed by atoms with Gasteiger partial charge < -0.3 is 18.9 Å². The number of fused-ring (bicyclic) bond motifs is 1. The van der Waals surface area contributed by atoms with Crippen molar-refractivity contribution in [2.45, 2.75) is 0 Å². The molecular formula is C19H17NO4. The molecule has 0 spiro atoms. The van der Waals surface area contributed by atoms with Gasteiger partial charge in [-0.2, -0.15) is 5.26 Å². The molecule has 0 saturated heterocycles. The van der Waals surface area contributed by atoms with Crippen LogP contribution in [0.1, 0.15) is 11.1 Å². The summed E-state index contributed by atoms with van der Waals surface area (Å²) >= 11 is 0. The minimum absolute atomic E-state index is 0.515. The van der Waals surface area contributed by atoms with E-state index in [0.717, 1.165) is 16.7 Å². The van der Waals surface area contributed by atoms with Gasteiger partial charge in [0.25, 0.3) is 0 Å². The lowest BCUT2D eigenvalue weighted by atomic mass is 9.96. The van der Waals surface area contributed by atoms with E-state index in [-0.39, 0.29) is 0 Å². The molecule has 0 N–H and O–H groups in total. The molecule has 1 aliphatic rings. The molecule has 0 aromatic heterocycles. The van der Waals surface area contributed by atoms with Crippen molar-refractivity contribution in [3.05, 3.63) is 53.6 Å². The van der Waals surface area contributed by atoms with Crippen LogP contribution in [-0.4, -0.2) is 27.4 Å². The molecule has 0 amide bonds. The molecule has 0 bridgehead atoms. The van der Waals surface area contributed by atoms with Crippen LogP contribution < -0.4 is 18.9 Å². The molecule has 2 aromatic carbocycles. The molecule has 24 heavy (non-hydrogen) atoms. The van der Waals surface area contributed by atoms with Crippen LogP contribution in [-0.2, 0) is 0 Å². The van der Waals surface area contributed by atoms with Crippen LogP contribution in [0.25, 0.3) is 5.57 Å². The summed E-state index contributed by atoms with van der Waals surface area (Å²) in [6.07, 6.45) is 1.50. The Morgan fingerprint density at radius 1 is 0.958 bits per heavy atom. The smallest absolute Gasteiger partial charge is 0.161 e. The molecule has 0 unspecified atom stereocenters. The zero-order chi connectivity index (χ0) is 16.9. The van der Waals surface area contributed by atoms with Gasteiger partial charge in [-0.05, 0) is 41.0 Å². The van der Waals surface area contributed by atoms with Crippen molar-refractivity contribution in [1.29, 1.82) is 5.26 Å². The number of hydrogen-bond donors (Lipinski definition) is 0. The number of nitriles is 1. The van der Waals surface area contributed by atoms with E-state index in [0.29, 0.717) is 36.2 Å². The van der Waals surface area contributed by atoms with Crippen molar-refractivity contribution in [2.24, 2.45) is 0 Å². The summed E-state index contributed by atoms with van der Waals surface area (Å²) in [5, 5.41) is 9.21. The van der Waals surface area contributed by atoms with Crippen molar-refractivity contribution in [2.75, 3.05) is 27.4 Å². The predicted octanol–water partition coefficient (Wildman–Crippen LogP) is 3.43. The van der Waals surface area contributed by atoms with Crippen molar-refractivity contribution in [3.63, 3.8) is 0 Å². The van der Waals surface area contributed by atoms with Gasteiger partial charge in [0, 0.05) is 12.1 Å². The molecule has 1 heterocycles. The Kier molecular flexibility index (Phi) is 4.57. The minimum atomic E-state index is 0.515. The Morgan fingerprint density at radius 2 is 1.62 bits per heavy atom. The summed E-state index contributed by atoms with van der Waals surface area (Å²) in [7, 11) is 3.19. The van der Waals surface area contributed by atoms with Gasteiger partial charge in [0.05, 0.1) is 20.3 Å². The Morgan fingerprint density at radius 3 is 2.25 bits per heavy atom. The van der Waals surface area contributed by atoms with Crippen LogP contribution in [0.15, 0.2) is 42.5 Å². The molecule has 122 valence electrons. The van der Waals surface area contributed by atoms with Crippen LogP contribution in [0.5, 0.6) is 23.0 Å². The maximum absolute atomic E-state index is 9.21. The van der Waals surface area contributed by atoms with Gasteiger partial charge in [-0.25, -0.2) is 0 Å². The molecule has 3 rings (SSSR count). The van der Waals surface area contributed by atoms with E-state index in [1.54, 1.807) is 20.3 Å². The quantitative estimate of drug-likeness (QED) is 0.807. The van der Waals surface area contributed by atoms with Crippen LogP contribution in [0.4, 0.5) is 0 Å². The van der Waals surface area contributed by atoms with Gasteiger partial charge in [-0.3, -0.25) is 0 Å². The minimum Gasteiger partial charge on any atom is -0.497 e. The zero-order valence-corrected chi connectivity index (χ0v) is 13.5. The summed E-state index contributed by atoms with van der Waals surface area (Å²) < 4.78 is 21.8. The van der Waals surface area contributed by atoms with E-state index in [1.807, 2.05) is 30.3 Å². The van der Waals surface area contributed by atoms with Gasteiger partial charge in [0.1, 0.15) is 24.7 Å². The summed E-state index contributed by atoms with van der Waals surface area (Å²) in [4.78, 5) is 0. The molecule has 0 atom stereocenters. The molecule has 1 aliphatic heterocycles. The van der Waals surface area contributed by atoms with Gasteiger partial charge in [-0.1, -0.05) is 6.07 Å². The fourth-order valence-corrected chi connectivity index (χ4v) is 2.57. The van der Waals surface area contributed by atoms with E-state index < -0.39 is 0 Å². The van der Waals surface area contributed by atoms with Crippen LogP contribution in [0.2, 0.25) is 0 Å². The normalized spacial score (nSPS) is 13.1. The summed E-state index contributed by atoms with van der Waals surface area (Å²) in [5.41, 5.74) is 2.44. The van der Waals surface area contributed by atoms with Crippen LogP contribution in [0, 0.1) is 11.3 Å². The Labute approximate surface area is 140 Å². The van der Waals surface area contributed by atoms with Crippen molar-refractivity contribution in [3.8, 4) is 29.1 Å². The second-order valence-electron chi connectivity index (χ2n) is 5.15. The number of hydrogen-bond acceptors (Lipinski definition) is 5. The Hall–Kier alpha value is -3.13. The topological polar surface area (TPSA) is 60.7 Å². The number of nitrogens with zero attached hydrogens (tertiary/aromatic N) is 1. The van der Waals surface area contributed by atoms with E-state index in [9.17, 15) is 5.26 Å². The third-order valence-corrected chi connectivity index (χ3v) is 3.72. The van der Waals surface area contributed by atoms with Gasteiger partial charge >= 0.3 is 0 Å². The molecular weight excluding hydrogens is 306 g/mol. The maximum atomic E-state index is 9.21. The van der Waals surface area contributed by atoms with E-state index >= 15 is 0 Å². The second-order valence-corrected chi connectivity index (χ2v) is 5.15. The number of ether oxygens (including phenoxy) is 4. The predicted molar refractivity (Wildman–Crippen MR) is 89.7 cm³/mol. The van der Waals surface area contributed by atoms with Gasteiger partial charge in [-0.15, -0.1) is 0 Å². The highest BCUT2D eigenvalue weighted by Crippen LogP contribution is 2.36. The highest BCUT2D eigenvalue weighted by molar-refractivity contribution is 5.83. The first-order chi connectivity index (χ1) is 11.7. The molecule has 5 nitrogen and oxygen atoms in total. The lowest BCUT2D eigenvalue weighted by molar-refractivity contribution is 0.171. The molecule has 0 saturated carbocycles. The third kappa shape index (κ3) is 3.13. The van der Waals surface area contributed by atoms with Crippen LogP contribution >= 0.6 is 0 Å². The fraction of sp³-hybridized carbons (Fsp3) is 0.211. The highest BCUT2D eigenvalue weighted by Gasteiger charge is 2.15.